The highest BCUT2D eigenvalue weighted by atomic mass is 16.6. The van der Waals surface area contributed by atoms with Gasteiger partial charge in [0.05, 0.1) is 5.54 Å². The maximum absolute atomic E-state index is 12.2. The van der Waals surface area contributed by atoms with Crippen molar-refractivity contribution < 1.29 is 14.3 Å². The van der Waals surface area contributed by atoms with Gasteiger partial charge in [0, 0.05) is 24.6 Å². The second kappa shape index (κ2) is 7.07. The first-order chi connectivity index (χ1) is 11.2. The molecule has 1 aliphatic rings. The summed E-state index contributed by atoms with van der Waals surface area (Å²) in [5.41, 5.74) is -0.402. The SMILES string of the molecule is CC(C)(C)OC(=O)NCC(C)(NC(=O)Nc1ccncc1)C1CC1. The molecule has 1 aliphatic carbocycles. The van der Waals surface area contributed by atoms with E-state index in [1.807, 2.05) is 27.7 Å². The Kier molecular flexibility index (Phi) is 5.31. The molecule has 132 valence electrons. The molecule has 24 heavy (non-hydrogen) atoms. The number of urea groups is 1. The minimum atomic E-state index is -0.549. The van der Waals surface area contributed by atoms with E-state index in [4.69, 9.17) is 4.74 Å². The molecule has 0 aliphatic heterocycles. The summed E-state index contributed by atoms with van der Waals surface area (Å²) in [4.78, 5) is 28.0. The van der Waals surface area contributed by atoms with Gasteiger partial charge < -0.3 is 20.7 Å². The van der Waals surface area contributed by atoms with E-state index in [0.717, 1.165) is 12.8 Å². The number of nitrogens with one attached hydrogen (secondary N) is 3. The Labute approximate surface area is 142 Å². The maximum Gasteiger partial charge on any atom is 0.407 e. The minimum absolute atomic E-state index is 0.304. The topological polar surface area (TPSA) is 92.4 Å². The Bertz CT molecular complexity index is 581. The third kappa shape index (κ3) is 5.72. The number of amides is 3. The molecule has 0 bridgehead atoms. The van der Waals surface area contributed by atoms with Crippen molar-refractivity contribution in [2.24, 2.45) is 5.92 Å². The molecule has 3 N–H and O–H groups in total. The number of pyridine rings is 1. The summed E-state index contributed by atoms with van der Waals surface area (Å²) < 4.78 is 5.25. The van der Waals surface area contributed by atoms with E-state index in [1.54, 1.807) is 24.5 Å². The van der Waals surface area contributed by atoms with Crippen LogP contribution < -0.4 is 16.0 Å². The zero-order valence-corrected chi connectivity index (χ0v) is 14.7. The number of anilines is 1. The van der Waals surface area contributed by atoms with Gasteiger partial charge >= 0.3 is 12.1 Å². The molecule has 1 saturated carbocycles. The molecule has 7 nitrogen and oxygen atoms in total. The number of ether oxygens (including phenoxy) is 1. The third-order valence-electron chi connectivity index (χ3n) is 3.81. The number of hydrogen-bond acceptors (Lipinski definition) is 4. The molecule has 0 aromatic carbocycles. The van der Waals surface area contributed by atoms with Crippen molar-refractivity contribution in [1.82, 2.24) is 15.6 Å². The molecule has 1 atom stereocenters. The van der Waals surface area contributed by atoms with Crippen LogP contribution in [-0.2, 0) is 4.74 Å². The first-order valence-corrected chi connectivity index (χ1v) is 8.14. The Morgan fingerprint density at radius 2 is 1.83 bits per heavy atom. The van der Waals surface area contributed by atoms with Gasteiger partial charge in [-0.15, -0.1) is 0 Å². The molecule has 7 heteroatoms. The summed E-state index contributed by atoms with van der Waals surface area (Å²) in [7, 11) is 0. The van der Waals surface area contributed by atoms with Gasteiger partial charge in [-0.1, -0.05) is 0 Å². The van der Waals surface area contributed by atoms with Crippen LogP contribution in [0.25, 0.3) is 0 Å². The predicted molar refractivity (Wildman–Crippen MR) is 91.8 cm³/mol. The van der Waals surface area contributed by atoms with E-state index in [2.05, 4.69) is 20.9 Å². The number of aromatic nitrogens is 1. The van der Waals surface area contributed by atoms with Crippen LogP contribution >= 0.6 is 0 Å². The van der Waals surface area contributed by atoms with Crippen molar-refractivity contribution >= 4 is 17.8 Å². The quantitative estimate of drug-likeness (QED) is 0.772. The largest absolute Gasteiger partial charge is 0.444 e. The van der Waals surface area contributed by atoms with Crippen molar-refractivity contribution in [2.45, 2.75) is 51.7 Å². The fourth-order valence-electron chi connectivity index (χ4n) is 2.44. The van der Waals surface area contributed by atoms with Gasteiger partial charge in [0.2, 0.25) is 0 Å². The average Bonchev–Trinajstić information content (AvgIpc) is 3.29. The van der Waals surface area contributed by atoms with Crippen LogP contribution in [0.4, 0.5) is 15.3 Å². The summed E-state index contributed by atoms with van der Waals surface area (Å²) in [6.45, 7) is 7.69. The molecular formula is C17H26N4O3. The Balaban J connectivity index is 1.90. The first kappa shape index (κ1) is 18.0. The zero-order chi connectivity index (χ0) is 17.8. The van der Waals surface area contributed by atoms with Crippen molar-refractivity contribution in [2.75, 3.05) is 11.9 Å². The lowest BCUT2D eigenvalue weighted by Crippen LogP contribution is -2.56. The van der Waals surface area contributed by atoms with Crippen molar-refractivity contribution in [3.05, 3.63) is 24.5 Å². The lowest BCUT2D eigenvalue weighted by Gasteiger charge is -2.32. The molecular weight excluding hydrogens is 308 g/mol. The highest BCUT2D eigenvalue weighted by Gasteiger charge is 2.43. The molecule has 3 amide bonds. The molecule has 1 aromatic heterocycles. The number of carbonyl (C=O) groups is 2. The van der Waals surface area contributed by atoms with Crippen LogP contribution in [0.15, 0.2) is 24.5 Å². The van der Waals surface area contributed by atoms with Gasteiger partial charge in [0.15, 0.2) is 0 Å². The van der Waals surface area contributed by atoms with E-state index in [9.17, 15) is 9.59 Å². The van der Waals surface area contributed by atoms with Gasteiger partial charge in [-0.25, -0.2) is 9.59 Å². The minimum Gasteiger partial charge on any atom is -0.444 e. The molecule has 2 rings (SSSR count). The van der Waals surface area contributed by atoms with Gasteiger partial charge in [-0.05, 0) is 58.6 Å². The number of hydrogen-bond donors (Lipinski definition) is 3. The van der Waals surface area contributed by atoms with E-state index < -0.39 is 17.2 Å². The second-order valence-electron chi connectivity index (χ2n) is 7.36. The third-order valence-corrected chi connectivity index (χ3v) is 3.81. The van der Waals surface area contributed by atoms with Crippen molar-refractivity contribution in [3.63, 3.8) is 0 Å². The molecule has 1 unspecified atom stereocenters. The van der Waals surface area contributed by atoms with E-state index in [1.165, 1.54) is 0 Å². The first-order valence-electron chi connectivity index (χ1n) is 8.14. The monoisotopic (exact) mass is 334 g/mol. The van der Waals surface area contributed by atoms with Crippen LogP contribution in [-0.4, -0.2) is 34.8 Å². The molecule has 1 fully saturated rings. The summed E-state index contributed by atoms with van der Waals surface area (Å²) in [5, 5.41) is 8.51. The molecule has 0 spiro atoms. The summed E-state index contributed by atoms with van der Waals surface area (Å²) in [5.74, 6) is 0.343. The molecule has 1 heterocycles. The number of carbonyl (C=O) groups excluding carboxylic acids is 2. The van der Waals surface area contributed by atoms with E-state index in [0.29, 0.717) is 18.2 Å². The molecule has 0 saturated heterocycles. The summed E-state index contributed by atoms with van der Waals surface area (Å²) in [6, 6.07) is 3.13. The maximum atomic E-state index is 12.2. The predicted octanol–water partition coefficient (Wildman–Crippen LogP) is 2.90. The van der Waals surface area contributed by atoms with Crippen LogP contribution in [0.3, 0.4) is 0 Å². The smallest absolute Gasteiger partial charge is 0.407 e. The Morgan fingerprint density at radius 1 is 1.21 bits per heavy atom. The van der Waals surface area contributed by atoms with Crippen LogP contribution in [0.2, 0.25) is 0 Å². The Hall–Kier alpha value is -2.31. The van der Waals surface area contributed by atoms with E-state index >= 15 is 0 Å². The lowest BCUT2D eigenvalue weighted by molar-refractivity contribution is 0.0509. The van der Waals surface area contributed by atoms with Crippen LogP contribution in [0.1, 0.15) is 40.5 Å². The normalized spacial score (nSPS) is 16.7. The standard InChI is InChI=1S/C17H26N4O3/c1-16(2,3)24-15(23)19-11-17(4,12-5-6-12)21-14(22)20-13-7-9-18-10-8-13/h7-10,12H,5-6,11H2,1-4H3,(H,19,23)(H2,18,20,21,22). The van der Waals surface area contributed by atoms with Crippen molar-refractivity contribution in [3.8, 4) is 0 Å². The van der Waals surface area contributed by atoms with Gasteiger partial charge in [-0.2, -0.15) is 0 Å². The van der Waals surface area contributed by atoms with Crippen LogP contribution in [0, 0.1) is 5.92 Å². The van der Waals surface area contributed by atoms with Gasteiger partial charge in [0.25, 0.3) is 0 Å². The van der Waals surface area contributed by atoms with Crippen LogP contribution in [0.5, 0.6) is 0 Å². The van der Waals surface area contributed by atoms with Gasteiger partial charge in [0.1, 0.15) is 5.60 Å². The second-order valence-corrected chi connectivity index (χ2v) is 7.36. The lowest BCUT2D eigenvalue weighted by atomic mass is 9.96. The molecule has 1 aromatic rings. The molecule has 0 radical (unpaired) electrons. The Morgan fingerprint density at radius 3 is 2.38 bits per heavy atom. The fourth-order valence-corrected chi connectivity index (χ4v) is 2.44. The fraction of sp³-hybridized carbons (Fsp3) is 0.588. The van der Waals surface area contributed by atoms with Crippen molar-refractivity contribution in [1.29, 1.82) is 0 Å². The van der Waals surface area contributed by atoms with Gasteiger partial charge in [-0.3, -0.25) is 4.98 Å². The highest BCUT2D eigenvalue weighted by molar-refractivity contribution is 5.89. The number of rotatable bonds is 5. The highest BCUT2D eigenvalue weighted by Crippen LogP contribution is 2.39. The number of nitrogens with zero attached hydrogens (tertiary/aromatic N) is 1. The summed E-state index contributed by atoms with van der Waals surface area (Å²) >= 11 is 0. The summed E-state index contributed by atoms with van der Waals surface area (Å²) in [6.07, 6.45) is 4.80. The average molecular weight is 334 g/mol. The van der Waals surface area contributed by atoms with E-state index in [-0.39, 0.29) is 6.03 Å². The number of alkyl carbamates (subject to hydrolysis) is 1. The zero-order valence-electron chi connectivity index (χ0n) is 14.7.